The number of hydrogen-bond acceptors (Lipinski definition) is 3. The largest absolute Gasteiger partial charge is 0.486 e. The van der Waals surface area contributed by atoms with Crippen LogP contribution in [-0.4, -0.2) is 40.7 Å². The van der Waals surface area contributed by atoms with Crippen molar-refractivity contribution in [3.63, 3.8) is 0 Å². The number of nitrogens with zero attached hydrogens (tertiary/aromatic N) is 1. The molecule has 3 rings (SSSR count). The molecule has 2 aliphatic rings. The van der Waals surface area contributed by atoms with Gasteiger partial charge in [0.2, 0.25) is 0 Å². The molecule has 2 fully saturated rings. The Kier molecular flexibility index (Phi) is 6.15. The monoisotopic (exact) mass is 414 g/mol. The molecule has 3 nitrogen and oxygen atoms in total. The third kappa shape index (κ3) is 4.05. The van der Waals surface area contributed by atoms with E-state index in [1.165, 1.54) is 31.5 Å². The Morgan fingerprint density at radius 2 is 1.50 bits per heavy atom. The fraction of sp³-hybridized carbons (Fsp3) is 0.778. The van der Waals surface area contributed by atoms with Gasteiger partial charge in [-0.1, -0.05) is 39.8 Å². The summed E-state index contributed by atoms with van der Waals surface area (Å²) < 4.78 is 6.43. The molecule has 2 atom stereocenters. The van der Waals surface area contributed by atoms with Crippen molar-refractivity contribution in [3.05, 3.63) is 29.8 Å². The molecule has 1 N–H and O–H groups in total. The van der Waals surface area contributed by atoms with Crippen LogP contribution in [0.25, 0.3) is 0 Å². The van der Waals surface area contributed by atoms with Crippen molar-refractivity contribution in [2.45, 2.75) is 110 Å². The lowest BCUT2D eigenvalue weighted by molar-refractivity contribution is 0.0179. The van der Waals surface area contributed by atoms with Gasteiger partial charge in [-0.15, -0.1) is 0 Å². The Bertz CT molecular complexity index is 726. The zero-order valence-electron chi connectivity index (χ0n) is 21.2. The Hall–Kier alpha value is -1.06. The van der Waals surface area contributed by atoms with Gasteiger partial charge in [-0.25, -0.2) is 0 Å². The maximum atomic E-state index is 6.43. The van der Waals surface area contributed by atoms with Crippen LogP contribution >= 0.6 is 0 Å². The van der Waals surface area contributed by atoms with Crippen LogP contribution in [0.4, 0.5) is 0 Å². The second-order valence-corrected chi connectivity index (χ2v) is 12.0. The van der Waals surface area contributed by atoms with Gasteiger partial charge in [0.25, 0.3) is 0 Å². The number of ether oxygens (including phenoxy) is 1. The molecule has 0 radical (unpaired) electrons. The standard InChI is InChI=1S/C27H46N2O/c1-19(2)21-15-17-29(18-16-21)25(6,7)24(4,5)22-11-13-23(14-12-22)30-26(8,9)27(10)20(3)28-27/h11-14,19-21,28H,15-18H2,1-10H3. The molecular formula is C27H46N2O. The Balaban J connectivity index is 1.71. The van der Waals surface area contributed by atoms with E-state index < -0.39 is 0 Å². The lowest BCUT2D eigenvalue weighted by Gasteiger charge is -2.52. The highest BCUT2D eigenvalue weighted by atomic mass is 16.5. The molecule has 170 valence electrons. The maximum Gasteiger partial charge on any atom is 0.123 e. The summed E-state index contributed by atoms with van der Waals surface area (Å²) in [6.07, 6.45) is 2.65. The molecule has 30 heavy (non-hydrogen) atoms. The molecule has 0 spiro atoms. The van der Waals surface area contributed by atoms with Crippen LogP contribution in [0.1, 0.15) is 87.6 Å². The van der Waals surface area contributed by atoms with Crippen LogP contribution in [-0.2, 0) is 5.41 Å². The summed E-state index contributed by atoms with van der Waals surface area (Å²) in [5.74, 6) is 2.64. The lowest BCUT2D eigenvalue weighted by Crippen LogP contribution is -2.58. The second kappa shape index (κ2) is 7.81. The van der Waals surface area contributed by atoms with Crippen molar-refractivity contribution >= 4 is 0 Å². The third-order valence-corrected chi connectivity index (χ3v) is 9.30. The summed E-state index contributed by atoms with van der Waals surface area (Å²) in [5, 5.41) is 3.54. The van der Waals surface area contributed by atoms with Crippen LogP contribution in [0.2, 0.25) is 0 Å². The highest BCUT2D eigenvalue weighted by Gasteiger charge is 2.58. The van der Waals surface area contributed by atoms with Crippen LogP contribution in [0, 0.1) is 11.8 Å². The number of nitrogens with one attached hydrogen (secondary N) is 1. The van der Waals surface area contributed by atoms with E-state index in [0.29, 0.717) is 6.04 Å². The van der Waals surface area contributed by atoms with E-state index in [2.05, 4.69) is 104 Å². The second-order valence-electron chi connectivity index (χ2n) is 12.0. The van der Waals surface area contributed by atoms with E-state index in [4.69, 9.17) is 4.74 Å². The smallest absolute Gasteiger partial charge is 0.123 e. The molecule has 0 aliphatic carbocycles. The summed E-state index contributed by atoms with van der Waals surface area (Å²) in [7, 11) is 0. The van der Waals surface area contributed by atoms with Crippen LogP contribution in [0.15, 0.2) is 24.3 Å². The van der Waals surface area contributed by atoms with Crippen LogP contribution in [0.5, 0.6) is 5.75 Å². The minimum Gasteiger partial charge on any atom is -0.486 e. The van der Waals surface area contributed by atoms with Gasteiger partial charge in [0.15, 0.2) is 0 Å². The van der Waals surface area contributed by atoms with Crippen molar-refractivity contribution in [2.75, 3.05) is 13.1 Å². The number of hydrogen-bond donors (Lipinski definition) is 1. The minimum absolute atomic E-state index is 0.0367. The first kappa shape index (κ1) is 23.6. The lowest BCUT2D eigenvalue weighted by atomic mass is 9.68. The number of benzene rings is 1. The maximum absolute atomic E-state index is 6.43. The summed E-state index contributed by atoms with van der Waals surface area (Å²) >= 11 is 0. The number of likely N-dealkylation sites (tertiary alicyclic amines) is 1. The molecule has 3 heteroatoms. The quantitative estimate of drug-likeness (QED) is 0.554. The summed E-state index contributed by atoms with van der Waals surface area (Å²) in [6.45, 7) is 25.7. The molecule has 0 bridgehead atoms. The Labute approximate surface area is 186 Å². The van der Waals surface area contributed by atoms with E-state index in [1.54, 1.807) is 0 Å². The number of piperidine rings is 1. The zero-order valence-corrected chi connectivity index (χ0v) is 21.2. The predicted molar refractivity (Wildman–Crippen MR) is 128 cm³/mol. The van der Waals surface area contributed by atoms with Gasteiger partial charge in [-0.2, -0.15) is 0 Å². The fourth-order valence-corrected chi connectivity index (χ4v) is 5.32. The number of rotatable bonds is 7. The average molecular weight is 415 g/mol. The van der Waals surface area contributed by atoms with E-state index in [-0.39, 0.29) is 22.1 Å². The fourth-order valence-electron chi connectivity index (χ4n) is 5.32. The average Bonchev–Trinajstić information content (AvgIpc) is 3.30. The van der Waals surface area contributed by atoms with Gasteiger partial charge in [0.1, 0.15) is 11.4 Å². The molecule has 0 aromatic heterocycles. The molecule has 0 amide bonds. The van der Waals surface area contributed by atoms with Crippen LogP contribution < -0.4 is 10.1 Å². The molecule has 2 unspecified atom stereocenters. The van der Waals surface area contributed by atoms with Gasteiger partial charge in [0.05, 0.1) is 5.54 Å². The summed E-state index contributed by atoms with van der Waals surface area (Å²) in [5.41, 5.74) is 1.31. The molecule has 0 saturated carbocycles. The first-order valence-electron chi connectivity index (χ1n) is 12.0. The zero-order chi connectivity index (χ0) is 22.5. The topological polar surface area (TPSA) is 34.4 Å². The SMILES string of the molecule is CC(C)C1CCN(C(C)(C)C(C)(C)c2ccc(OC(C)(C)C3(C)NC3C)cc2)CC1. The van der Waals surface area contributed by atoms with Crippen molar-refractivity contribution in [1.29, 1.82) is 0 Å². The molecular weight excluding hydrogens is 368 g/mol. The summed E-state index contributed by atoms with van der Waals surface area (Å²) in [4.78, 5) is 2.72. The Morgan fingerprint density at radius 1 is 1.00 bits per heavy atom. The Morgan fingerprint density at radius 3 is 1.93 bits per heavy atom. The van der Waals surface area contributed by atoms with Gasteiger partial charge < -0.3 is 10.1 Å². The highest BCUT2D eigenvalue weighted by molar-refractivity contribution is 5.35. The van der Waals surface area contributed by atoms with Crippen molar-refractivity contribution in [1.82, 2.24) is 10.2 Å². The minimum atomic E-state index is -0.247. The normalized spacial score (nSPS) is 26.8. The van der Waals surface area contributed by atoms with E-state index in [1.807, 2.05) is 0 Å². The van der Waals surface area contributed by atoms with Crippen LogP contribution in [0.3, 0.4) is 0 Å². The highest BCUT2D eigenvalue weighted by Crippen LogP contribution is 2.43. The van der Waals surface area contributed by atoms with Gasteiger partial charge in [0, 0.05) is 17.0 Å². The molecule has 1 aromatic carbocycles. The van der Waals surface area contributed by atoms with Crippen molar-refractivity contribution in [3.8, 4) is 5.75 Å². The molecule has 2 aliphatic heterocycles. The molecule has 2 heterocycles. The molecule has 1 aromatic rings. The van der Waals surface area contributed by atoms with E-state index in [0.717, 1.165) is 17.6 Å². The van der Waals surface area contributed by atoms with Gasteiger partial charge in [-0.3, -0.25) is 4.90 Å². The van der Waals surface area contributed by atoms with Crippen molar-refractivity contribution < 1.29 is 4.74 Å². The third-order valence-electron chi connectivity index (χ3n) is 9.30. The first-order valence-corrected chi connectivity index (χ1v) is 12.0. The van der Waals surface area contributed by atoms with Gasteiger partial charge in [-0.05, 0) is 97.0 Å². The van der Waals surface area contributed by atoms with Crippen molar-refractivity contribution in [2.24, 2.45) is 11.8 Å². The van der Waals surface area contributed by atoms with E-state index >= 15 is 0 Å². The molecule has 2 saturated heterocycles. The van der Waals surface area contributed by atoms with Gasteiger partial charge >= 0.3 is 0 Å². The first-order chi connectivity index (χ1) is 13.7. The van der Waals surface area contributed by atoms with E-state index in [9.17, 15) is 0 Å². The summed E-state index contributed by atoms with van der Waals surface area (Å²) in [6, 6.07) is 9.37. The predicted octanol–water partition coefficient (Wildman–Crippen LogP) is 6.02.